The molecule has 12 aromatic carbocycles. The normalized spacial score (nSPS) is 14.1. The number of hydrogen-bond donors (Lipinski definition) is 0. The molecule has 94 heavy (non-hydrogen) atoms. The minimum Gasteiger partial charge on any atom is -0.358 e. The number of anilines is 6. The summed E-state index contributed by atoms with van der Waals surface area (Å²) in [4.78, 5) is 30.1. The molecule has 0 saturated heterocycles. The summed E-state index contributed by atoms with van der Waals surface area (Å²) in [5, 5.41) is 26.8. The van der Waals surface area contributed by atoms with Gasteiger partial charge in [0.05, 0.1) is 22.7 Å². The first-order valence-corrected chi connectivity index (χ1v) is 32.6. The Morgan fingerprint density at radius 2 is 0.649 bits per heavy atom. The molecule has 10 nitrogen and oxygen atoms in total. The van der Waals surface area contributed by atoms with Crippen molar-refractivity contribution >= 4 is 143 Å². The summed E-state index contributed by atoms with van der Waals surface area (Å²) in [5.74, 6) is 0.0438. The van der Waals surface area contributed by atoms with Crippen molar-refractivity contribution in [2.45, 2.75) is 64.2 Å². The molecule has 0 spiro atoms. The van der Waals surface area contributed by atoms with Gasteiger partial charge >= 0.3 is 11.6 Å². The predicted molar refractivity (Wildman–Crippen MR) is 388 cm³/mol. The molecule has 0 radical (unpaired) electrons. The van der Waals surface area contributed by atoms with Crippen LogP contribution in [0.4, 0.5) is 45.8 Å². The molecule has 0 fully saturated rings. The van der Waals surface area contributed by atoms with Crippen molar-refractivity contribution in [3.63, 3.8) is 0 Å². The summed E-state index contributed by atoms with van der Waals surface area (Å²) in [6.07, 6.45) is 1.08. The first kappa shape index (κ1) is 59.2. The van der Waals surface area contributed by atoms with E-state index in [4.69, 9.17) is 23.1 Å². The number of hydrogen-bond acceptors (Lipinski definition) is 8. The molecule has 2 aromatic heterocycles. The molecule has 0 amide bonds. The van der Waals surface area contributed by atoms with Crippen molar-refractivity contribution in [1.29, 1.82) is 10.5 Å². The average molecular weight is 1340 g/mol. The molecule has 0 saturated carbocycles. The summed E-state index contributed by atoms with van der Waals surface area (Å²) < 4.78 is 1.92. The van der Waals surface area contributed by atoms with Gasteiger partial charge in [-0.15, -0.1) is 9.97 Å². The Labute approximate surface area is 561 Å². The van der Waals surface area contributed by atoms with E-state index in [1.54, 1.807) is 0 Å². The molecular formula is C82H56Br2N10. The number of aromatic nitrogens is 4. The van der Waals surface area contributed by atoms with Crippen LogP contribution in [0.1, 0.15) is 97.4 Å². The fourth-order valence-electron chi connectivity index (χ4n) is 14.8. The van der Waals surface area contributed by atoms with Crippen LogP contribution in [0.15, 0.2) is 227 Å². The molecule has 0 atom stereocenters. The third-order valence-corrected chi connectivity index (χ3v) is 20.3. The van der Waals surface area contributed by atoms with Crippen molar-refractivity contribution < 1.29 is 0 Å². The van der Waals surface area contributed by atoms with Crippen molar-refractivity contribution in [3.8, 4) is 12.1 Å². The second-order valence-corrected chi connectivity index (χ2v) is 27.4. The van der Waals surface area contributed by atoms with Gasteiger partial charge < -0.3 is 19.5 Å². The summed E-state index contributed by atoms with van der Waals surface area (Å²) in [6.45, 7) is 28.9. The molecule has 0 bridgehead atoms. The molecule has 2 aliphatic heterocycles. The lowest BCUT2D eigenvalue weighted by atomic mass is 9.69. The van der Waals surface area contributed by atoms with Crippen molar-refractivity contribution in [1.82, 2.24) is 19.9 Å². The van der Waals surface area contributed by atoms with Crippen LogP contribution >= 0.6 is 31.9 Å². The van der Waals surface area contributed by atoms with Crippen molar-refractivity contribution in [2.24, 2.45) is 0 Å². The SMILES string of the molecule is CC1(C)c2ccccc2Cc2ccccc21.[C-]#[N+]c1nc2c3ccc(Br)cc3c3cc(Br)ccc3c2nc1C#N.[C-]#[N+]c1nc2c3ccc(N4c5ccccc5C(C)(C)c5ccccc54)cc3c3cc(N4c5ccccc5C(C)(C)c5ccccc54)ccc3c2nc1C#N. The monoisotopic (exact) mass is 1340 g/mol. The molecule has 1 aliphatic carbocycles. The third kappa shape index (κ3) is 9.35. The maximum Gasteiger partial charge on any atom is 0.307 e. The molecule has 3 aliphatic rings. The maximum atomic E-state index is 10.0. The van der Waals surface area contributed by atoms with Crippen LogP contribution in [0.5, 0.6) is 0 Å². The zero-order chi connectivity index (χ0) is 64.9. The van der Waals surface area contributed by atoms with E-state index in [0.717, 1.165) is 92.6 Å². The van der Waals surface area contributed by atoms with Crippen LogP contribution in [0.25, 0.3) is 74.8 Å². The maximum absolute atomic E-state index is 10.0. The minimum atomic E-state index is -0.183. The molecule has 0 N–H and O–H groups in total. The van der Waals surface area contributed by atoms with E-state index in [9.17, 15) is 10.5 Å². The van der Waals surface area contributed by atoms with Gasteiger partial charge in [0.2, 0.25) is 0 Å². The second-order valence-electron chi connectivity index (χ2n) is 25.6. The van der Waals surface area contributed by atoms with E-state index >= 15 is 0 Å². The molecule has 12 heteroatoms. The Kier molecular flexibility index (Phi) is 14.2. The Bertz CT molecular complexity index is 5320. The zero-order valence-electron chi connectivity index (χ0n) is 52.2. The third-order valence-electron chi connectivity index (χ3n) is 19.3. The number of nitrogens with zero attached hydrogens (tertiary/aromatic N) is 10. The van der Waals surface area contributed by atoms with Crippen LogP contribution in [0.3, 0.4) is 0 Å². The number of fused-ring (bicyclic) bond motifs is 18. The van der Waals surface area contributed by atoms with E-state index in [-0.39, 0.29) is 39.3 Å². The number of para-hydroxylation sites is 4. The van der Waals surface area contributed by atoms with Gasteiger partial charge in [-0.1, -0.05) is 214 Å². The summed E-state index contributed by atoms with van der Waals surface area (Å²) in [6, 6.07) is 81.2. The van der Waals surface area contributed by atoms with Crippen LogP contribution in [0.2, 0.25) is 0 Å². The Hall–Kier alpha value is -11.1. The highest BCUT2D eigenvalue weighted by Gasteiger charge is 2.39. The standard InChI is InChI=1S/C48H34N6.C18H6Br2N4.C16H16/c1-47(2)35-14-6-10-18-40(35)53(41-19-11-7-15-36(41)47)29-22-24-31-33(26-29)34-27-30(23-25-32(34)45-44(31)51-39(28-49)46(50-5)52-45)54-42-20-12-8-16-37(42)48(3,4)38-17-9-13-21-43(38)54;1-22-18-15(8-21)23-16-11-4-2-9(19)6-13(11)14-7-10(20)3-5-12(14)17(16)24-18;1-16(2)14-9-5-3-7-12(14)11-13-8-4-6-10-15(13)16/h6-27H,1-4H3;2-7H;3-10H,11H2,1-2H3. The Balaban J connectivity index is 0.000000148. The summed E-state index contributed by atoms with van der Waals surface area (Å²) in [7, 11) is 0. The van der Waals surface area contributed by atoms with Gasteiger partial charge in [-0.2, -0.15) is 10.5 Å². The Morgan fingerprint density at radius 1 is 0.362 bits per heavy atom. The number of benzene rings is 12. The van der Waals surface area contributed by atoms with Gasteiger partial charge in [0, 0.05) is 58.1 Å². The highest BCUT2D eigenvalue weighted by atomic mass is 79.9. The van der Waals surface area contributed by atoms with Crippen molar-refractivity contribution in [2.75, 3.05) is 9.80 Å². The lowest BCUT2D eigenvalue weighted by molar-refractivity contribution is 0.610. The average Bonchev–Trinajstić information content (AvgIpc) is 0.717. The van der Waals surface area contributed by atoms with E-state index in [1.165, 1.54) is 44.5 Å². The quantitative estimate of drug-likeness (QED) is 0.124. The lowest BCUT2D eigenvalue weighted by Crippen LogP contribution is -2.30. The molecule has 17 rings (SSSR count). The molecular weight excluding hydrogens is 1280 g/mol. The molecule has 448 valence electrons. The van der Waals surface area contributed by atoms with Gasteiger partial charge in [0.1, 0.15) is 23.2 Å². The molecule has 4 heterocycles. The molecule has 0 unspecified atom stereocenters. The lowest BCUT2D eigenvalue weighted by Gasteiger charge is -2.42. The zero-order valence-corrected chi connectivity index (χ0v) is 55.4. The summed E-state index contributed by atoms with van der Waals surface area (Å²) in [5.41, 5.74) is 19.9. The molecule has 14 aromatic rings. The second kappa shape index (κ2) is 22.6. The van der Waals surface area contributed by atoms with Gasteiger partial charge in [-0.25, -0.2) is 9.97 Å². The first-order valence-electron chi connectivity index (χ1n) is 31.0. The van der Waals surface area contributed by atoms with Crippen LogP contribution < -0.4 is 9.80 Å². The summed E-state index contributed by atoms with van der Waals surface area (Å²) >= 11 is 7.02. The minimum absolute atomic E-state index is 0.0107. The van der Waals surface area contributed by atoms with E-state index in [0.29, 0.717) is 22.1 Å². The van der Waals surface area contributed by atoms with E-state index in [2.05, 4.69) is 291 Å². The van der Waals surface area contributed by atoms with E-state index in [1.807, 2.05) is 42.5 Å². The largest absolute Gasteiger partial charge is 0.358 e. The topological polar surface area (TPSA) is 114 Å². The van der Waals surface area contributed by atoms with Gasteiger partial charge in [-0.3, -0.25) is 0 Å². The Morgan fingerprint density at radius 3 is 0.989 bits per heavy atom. The fourth-order valence-corrected chi connectivity index (χ4v) is 15.5. The van der Waals surface area contributed by atoms with E-state index < -0.39 is 0 Å². The van der Waals surface area contributed by atoms with Crippen LogP contribution in [-0.2, 0) is 22.7 Å². The first-order chi connectivity index (χ1) is 45.5. The smallest absolute Gasteiger partial charge is 0.307 e. The predicted octanol–water partition coefficient (Wildman–Crippen LogP) is 22.4. The van der Waals surface area contributed by atoms with Gasteiger partial charge in [0.15, 0.2) is 22.4 Å². The van der Waals surface area contributed by atoms with Gasteiger partial charge in [0.25, 0.3) is 0 Å². The van der Waals surface area contributed by atoms with Crippen molar-refractivity contribution in [3.05, 3.63) is 306 Å². The number of halogens is 2. The van der Waals surface area contributed by atoms with Gasteiger partial charge in [-0.05, 0) is 163 Å². The number of nitriles is 2. The highest BCUT2D eigenvalue weighted by molar-refractivity contribution is 9.10. The fraction of sp³-hybridized carbons (Fsp3) is 0.122. The number of rotatable bonds is 2. The highest BCUT2D eigenvalue weighted by Crippen LogP contribution is 2.55. The van der Waals surface area contributed by atoms with Crippen LogP contribution in [-0.4, -0.2) is 19.9 Å². The van der Waals surface area contributed by atoms with Crippen LogP contribution in [0, 0.1) is 35.8 Å².